The van der Waals surface area contributed by atoms with Crippen LogP contribution in [0.25, 0.3) is 0 Å². The number of hydrogen-bond donors (Lipinski definition) is 1. The molecule has 0 saturated carbocycles. The van der Waals surface area contributed by atoms with Crippen LogP contribution in [0.15, 0.2) is 0 Å². The third-order valence-corrected chi connectivity index (χ3v) is 6.44. The van der Waals surface area contributed by atoms with Gasteiger partial charge in [0.25, 0.3) is 0 Å². The summed E-state index contributed by atoms with van der Waals surface area (Å²) < 4.78 is 60.3. The summed E-state index contributed by atoms with van der Waals surface area (Å²) in [6, 6.07) is -2.20. The van der Waals surface area contributed by atoms with E-state index >= 15 is 0 Å². The number of alkyl halides is 3. The summed E-state index contributed by atoms with van der Waals surface area (Å²) >= 11 is 0. The average molecular weight is 444 g/mol. The molecule has 174 valence electrons. The molecule has 0 aliphatic heterocycles. The van der Waals surface area contributed by atoms with E-state index in [0.717, 1.165) is 38.5 Å². The predicted molar refractivity (Wildman–Crippen MR) is 113 cm³/mol. The Morgan fingerprint density at radius 2 is 1.52 bits per heavy atom. The highest BCUT2D eigenvalue weighted by molar-refractivity contribution is 7.84. The molecule has 1 N–H and O–H groups in total. The number of unbranched alkanes of at least 4 members (excludes halogenated alkanes) is 6. The van der Waals surface area contributed by atoms with Gasteiger partial charge in [-0.25, -0.2) is 8.93 Å². The van der Waals surface area contributed by atoms with Crippen LogP contribution in [0.4, 0.5) is 13.2 Å². The third kappa shape index (κ3) is 12.0. The van der Waals surface area contributed by atoms with E-state index in [4.69, 9.17) is 4.74 Å². The van der Waals surface area contributed by atoms with Gasteiger partial charge in [0.05, 0.1) is 27.8 Å². The van der Waals surface area contributed by atoms with Gasteiger partial charge in [-0.15, -0.1) is 0 Å². The average Bonchev–Trinajstić information content (AvgIpc) is 2.60. The maximum atomic E-state index is 13.8. The van der Waals surface area contributed by atoms with Crippen molar-refractivity contribution in [3.05, 3.63) is 0 Å². The maximum Gasteiger partial charge on any atom is 0.405 e. The van der Waals surface area contributed by atoms with E-state index in [0.29, 0.717) is 12.8 Å². The smallest absolute Gasteiger partial charge is 0.405 e. The fourth-order valence-corrected chi connectivity index (χ4v) is 3.66. The number of ether oxygens (including phenoxy) is 1. The molecular weight excluding hydrogens is 403 g/mol. The minimum Gasteiger partial charge on any atom is -0.462 e. The van der Waals surface area contributed by atoms with Gasteiger partial charge in [0.2, 0.25) is 0 Å². The zero-order valence-electron chi connectivity index (χ0n) is 18.9. The van der Waals surface area contributed by atoms with Crippen LogP contribution in [0.3, 0.4) is 0 Å². The van der Waals surface area contributed by atoms with E-state index in [9.17, 15) is 22.2 Å². The van der Waals surface area contributed by atoms with Gasteiger partial charge < -0.3 is 4.74 Å². The van der Waals surface area contributed by atoms with Gasteiger partial charge in [-0.2, -0.15) is 13.2 Å². The zero-order chi connectivity index (χ0) is 22.7. The summed E-state index contributed by atoms with van der Waals surface area (Å²) in [6.07, 6.45) is 2.07. The number of rotatable bonds is 14. The van der Waals surface area contributed by atoms with Crippen molar-refractivity contribution in [2.75, 3.05) is 0 Å². The minimum absolute atomic E-state index is 0.0571. The molecule has 0 rings (SSSR count). The van der Waals surface area contributed by atoms with Crippen LogP contribution >= 0.6 is 0 Å². The Kier molecular flexibility index (Phi) is 13.3. The van der Waals surface area contributed by atoms with Gasteiger partial charge in [-0.3, -0.25) is 4.79 Å². The highest BCUT2D eigenvalue weighted by atomic mass is 32.2. The molecule has 4 atom stereocenters. The van der Waals surface area contributed by atoms with E-state index in [2.05, 4.69) is 11.6 Å². The Morgan fingerprint density at radius 3 is 1.97 bits per heavy atom. The number of halogens is 3. The van der Waals surface area contributed by atoms with Gasteiger partial charge in [0.15, 0.2) is 0 Å². The fourth-order valence-electron chi connectivity index (χ4n) is 2.78. The summed E-state index contributed by atoms with van der Waals surface area (Å²) in [4.78, 5) is 12.6. The summed E-state index contributed by atoms with van der Waals surface area (Å²) in [6.45, 7) is 10.4. The number of nitrogens with one attached hydrogen (secondary N) is 1. The Morgan fingerprint density at radius 1 is 1.00 bits per heavy atom. The van der Waals surface area contributed by atoms with E-state index in [1.54, 1.807) is 34.6 Å². The van der Waals surface area contributed by atoms with Crippen LogP contribution in [0.1, 0.15) is 99.3 Å². The molecule has 0 spiro atoms. The molecule has 0 aromatic rings. The standard InChI is InChI=1S/C21H40F3NO3S/c1-7-9-10-11-12-13-14-15-17(19(26)28-16(3)8-2)18(21(22,23)24)25-29(27)20(4,5)6/h16-18,25H,7-15H2,1-6H3/t16?,17-,18-,29-/m0/s1. The van der Waals surface area contributed by atoms with Crippen LogP contribution in [0.5, 0.6) is 0 Å². The number of hydrogen-bond acceptors (Lipinski definition) is 3. The largest absolute Gasteiger partial charge is 0.462 e. The molecule has 0 aromatic carbocycles. The highest BCUT2D eigenvalue weighted by Crippen LogP contribution is 2.31. The van der Waals surface area contributed by atoms with Crippen LogP contribution in [-0.4, -0.2) is 33.2 Å². The first-order chi connectivity index (χ1) is 13.3. The molecular formula is C21H40F3NO3S. The molecule has 0 aliphatic carbocycles. The van der Waals surface area contributed by atoms with E-state index in [-0.39, 0.29) is 6.42 Å². The van der Waals surface area contributed by atoms with Crippen LogP contribution in [0.2, 0.25) is 0 Å². The molecule has 4 nitrogen and oxygen atoms in total. The normalized spacial score (nSPS) is 16.9. The molecule has 0 amide bonds. The summed E-state index contributed by atoms with van der Waals surface area (Å²) in [5.74, 6) is -2.28. The number of esters is 1. The second-order valence-electron chi connectivity index (χ2n) is 8.69. The van der Waals surface area contributed by atoms with E-state index < -0.39 is 45.9 Å². The fraction of sp³-hybridized carbons (Fsp3) is 0.952. The van der Waals surface area contributed by atoms with Crippen molar-refractivity contribution in [1.29, 1.82) is 0 Å². The zero-order valence-corrected chi connectivity index (χ0v) is 19.7. The Bertz CT molecular complexity index is 493. The molecule has 0 heterocycles. The van der Waals surface area contributed by atoms with Gasteiger partial charge in [-0.05, 0) is 40.5 Å². The van der Waals surface area contributed by atoms with Crippen LogP contribution < -0.4 is 4.72 Å². The van der Waals surface area contributed by atoms with Crippen LogP contribution in [0, 0.1) is 5.92 Å². The molecule has 0 aromatic heterocycles. The Hall–Kier alpha value is -0.630. The lowest BCUT2D eigenvalue weighted by Gasteiger charge is -2.31. The van der Waals surface area contributed by atoms with Crippen molar-refractivity contribution in [3.63, 3.8) is 0 Å². The second-order valence-corrected chi connectivity index (χ2v) is 10.7. The number of carbonyl (C=O) groups is 1. The highest BCUT2D eigenvalue weighted by Gasteiger charge is 2.49. The van der Waals surface area contributed by atoms with Gasteiger partial charge in [-0.1, -0.05) is 58.8 Å². The predicted octanol–water partition coefficient (Wildman–Crippen LogP) is 6.07. The van der Waals surface area contributed by atoms with Gasteiger partial charge in [0.1, 0.15) is 6.04 Å². The Balaban J connectivity index is 5.26. The van der Waals surface area contributed by atoms with Crippen molar-refractivity contribution < 1.29 is 26.9 Å². The van der Waals surface area contributed by atoms with Gasteiger partial charge >= 0.3 is 12.1 Å². The summed E-state index contributed by atoms with van der Waals surface area (Å²) in [5, 5.41) is 0. The lowest BCUT2D eigenvalue weighted by atomic mass is 9.93. The molecule has 0 saturated heterocycles. The number of carbonyl (C=O) groups excluding carboxylic acids is 1. The molecule has 8 heteroatoms. The first kappa shape index (κ1) is 28.4. The first-order valence-electron chi connectivity index (χ1n) is 10.8. The van der Waals surface area contributed by atoms with Crippen molar-refractivity contribution in [1.82, 2.24) is 4.72 Å². The van der Waals surface area contributed by atoms with Crippen molar-refractivity contribution >= 4 is 17.0 Å². The summed E-state index contributed by atoms with van der Waals surface area (Å²) in [5.41, 5.74) is 0. The SMILES string of the molecule is CCCCCCCCC[C@H](C(=O)OC(C)CC)[C@H](N[S@@](=O)C(C)(C)C)C(F)(F)F. The molecule has 0 radical (unpaired) electrons. The maximum absolute atomic E-state index is 13.8. The lowest BCUT2D eigenvalue weighted by Crippen LogP contribution is -2.54. The summed E-state index contributed by atoms with van der Waals surface area (Å²) in [7, 11) is -1.96. The first-order valence-corrected chi connectivity index (χ1v) is 11.9. The second kappa shape index (κ2) is 13.6. The molecule has 0 bridgehead atoms. The Labute approximate surface area is 177 Å². The monoisotopic (exact) mass is 443 g/mol. The molecule has 1 unspecified atom stereocenters. The van der Waals surface area contributed by atoms with Crippen molar-refractivity contribution in [2.45, 2.75) is 122 Å². The topological polar surface area (TPSA) is 55.4 Å². The molecule has 29 heavy (non-hydrogen) atoms. The van der Waals surface area contributed by atoms with Crippen molar-refractivity contribution in [3.8, 4) is 0 Å². The quantitative estimate of drug-likeness (QED) is 0.262. The molecule has 0 fully saturated rings. The third-order valence-electron chi connectivity index (χ3n) is 4.86. The lowest BCUT2D eigenvalue weighted by molar-refractivity contribution is -0.182. The van der Waals surface area contributed by atoms with E-state index in [1.807, 2.05) is 0 Å². The van der Waals surface area contributed by atoms with Crippen molar-refractivity contribution in [2.24, 2.45) is 5.92 Å². The van der Waals surface area contributed by atoms with Crippen LogP contribution in [-0.2, 0) is 20.5 Å². The van der Waals surface area contributed by atoms with E-state index in [1.165, 1.54) is 0 Å². The minimum atomic E-state index is -4.71. The van der Waals surface area contributed by atoms with Gasteiger partial charge in [0, 0.05) is 0 Å². The molecule has 0 aliphatic rings.